The SMILES string of the molecule is Cn1nnnc1SCC1=C(C(=O)O)N2C(=O)[C@H](C(C)(O[SiH](C)C)C(C)(C)C)[C@H]2SS1. The molecule has 1 aromatic rings. The summed E-state index contributed by atoms with van der Waals surface area (Å²) in [6.07, 6.45) is 0. The Morgan fingerprint density at radius 2 is 2.00 bits per heavy atom. The molecule has 3 rings (SSSR count). The van der Waals surface area contributed by atoms with Gasteiger partial charge in [0.1, 0.15) is 11.1 Å². The number of thioether (sulfide) groups is 1. The summed E-state index contributed by atoms with van der Waals surface area (Å²) in [6, 6.07) is 0. The van der Waals surface area contributed by atoms with Crippen LogP contribution < -0.4 is 0 Å². The van der Waals surface area contributed by atoms with Gasteiger partial charge in [-0.05, 0) is 35.9 Å². The lowest BCUT2D eigenvalue weighted by Crippen LogP contribution is -2.71. The first-order valence-corrected chi connectivity index (χ1v) is 15.5. The molecule has 2 aliphatic heterocycles. The summed E-state index contributed by atoms with van der Waals surface area (Å²) in [5.41, 5.74) is -0.881. The van der Waals surface area contributed by atoms with Gasteiger partial charge in [0.15, 0.2) is 9.04 Å². The van der Waals surface area contributed by atoms with Crippen molar-refractivity contribution in [3.05, 3.63) is 10.6 Å². The van der Waals surface area contributed by atoms with Gasteiger partial charge in [-0.25, -0.2) is 9.48 Å². The Kier molecular flexibility index (Phi) is 6.69. The molecule has 0 radical (unpaired) electrons. The molecular weight excluding hydrogens is 463 g/mol. The molecule has 166 valence electrons. The zero-order valence-electron chi connectivity index (χ0n) is 18.1. The topological polar surface area (TPSA) is 110 Å². The van der Waals surface area contributed by atoms with Crippen molar-refractivity contribution < 1.29 is 19.1 Å². The summed E-state index contributed by atoms with van der Waals surface area (Å²) in [4.78, 5) is 27.5. The van der Waals surface area contributed by atoms with E-state index in [1.54, 1.807) is 7.05 Å². The molecule has 9 nitrogen and oxygen atoms in total. The number of aromatic nitrogens is 4. The van der Waals surface area contributed by atoms with Gasteiger partial charge in [0.05, 0.1) is 11.5 Å². The predicted octanol–water partition coefficient (Wildman–Crippen LogP) is 2.58. The highest BCUT2D eigenvalue weighted by atomic mass is 33.1. The van der Waals surface area contributed by atoms with Crippen molar-refractivity contribution in [3.63, 3.8) is 0 Å². The fourth-order valence-electron chi connectivity index (χ4n) is 3.58. The van der Waals surface area contributed by atoms with Crippen molar-refractivity contribution >= 4 is 54.3 Å². The molecule has 1 amide bonds. The van der Waals surface area contributed by atoms with E-state index in [4.69, 9.17) is 4.43 Å². The van der Waals surface area contributed by atoms with Crippen molar-refractivity contribution in [2.75, 3.05) is 5.75 Å². The molecule has 30 heavy (non-hydrogen) atoms. The lowest BCUT2D eigenvalue weighted by molar-refractivity contribution is -0.174. The number of carboxylic acids is 1. The Morgan fingerprint density at radius 3 is 2.50 bits per heavy atom. The van der Waals surface area contributed by atoms with Gasteiger partial charge >= 0.3 is 5.97 Å². The van der Waals surface area contributed by atoms with Crippen LogP contribution in [-0.4, -0.2) is 67.9 Å². The zero-order chi connectivity index (χ0) is 22.4. The van der Waals surface area contributed by atoms with Crippen LogP contribution in [0.3, 0.4) is 0 Å². The molecule has 3 heterocycles. The third kappa shape index (κ3) is 4.06. The molecule has 2 aliphatic rings. The molecule has 1 N–H and O–H groups in total. The van der Waals surface area contributed by atoms with E-state index < -0.39 is 26.5 Å². The van der Waals surface area contributed by atoms with Crippen LogP contribution in [0.25, 0.3) is 0 Å². The van der Waals surface area contributed by atoms with E-state index in [1.165, 1.54) is 42.9 Å². The second-order valence-electron chi connectivity index (χ2n) is 8.73. The first-order valence-electron chi connectivity index (χ1n) is 9.54. The normalized spacial score (nSPS) is 24.0. The average Bonchev–Trinajstić information content (AvgIpc) is 3.02. The minimum absolute atomic E-state index is 0.0608. The molecule has 0 bridgehead atoms. The van der Waals surface area contributed by atoms with E-state index in [9.17, 15) is 14.7 Å². The fourth-order valence-corrected chi connectivity index (χ4v) is 9.31. The van der Waals surface area contributed by atoms with Gasteiger partial charge in [-0.15, -0.1) is 5.10 Å². The van der Waals surface area contributed by atoms with E-state index in [2.05, 4.69) is 49.4 Å². The molecular formula is C17H27N5O4S3Si. The van der Waals surface area contributed by atoms with Crippen molar-refractivity contribution in [2.45, 2.75) is 56.9 Å². The number of amides is 1. The largest absolute Gasteiger partial charge is 0.477 e. The monoisotopic (exact) mass is 489 g/mol. The highest BCUT2D eigenvalue weighted by Gasteiger charge is 2.64. The Bertz CT molecular complexity index is 887. The summed E-state index contributed by atoms with van der Waals surface area (Å²) in [7, 11) is 3.23. The molecule has 0 spiro atoms. The number of hydrogen-bond donors (Lipinski definition) is 1. The standard InChI is InChI=1S/C17H27N5O4S3Si/c1-16(2,3)17(4,26-30(6)7)10-12(23)22-11(14(24)25)9(28-29-13(10)22)8-27-15-18-19-20-21(15)5/h10,13,30H,8H2,1-7H3,(H,24,25)/t10-,13+,17?/m0/s1. The van der Waals surface area contributed by atoms with Crippen LogP contribution in [0.1, 0.15) is 27.7 Å². The number of rotatable bonds is 7. The van der Waals surface area contributed by atoms with Gasteiger partial charge in [-0.3, -0.25) is 9.69 Å². The van der Waals surface area contributed by atoms with Gasteiger partial charge in [0.25, 0.3) is 0 Å². The van der Waals surface area contributed by atoms with Gasteiger partial charge in [0.2, 0.25) is 11.1 Å². The van der Waals surface area contributed by atoms with E-state index in [0.29, 0.717) is 15.8 Å². The summed E-state index contributed by atoms with van der Waals surface area (Å²) < 4.78 is 7.96. The van der Waals surface area contributed by atoms with Crippen molar-refractivity contribution in [1.29, 1.82) is 0 Å². The van der Waals surface area contributed by atoms with E-state index in [0.717, 1.165) is 0 Å². The Morgan fingerprint density at radius 1 is 1.33 bits per heavy atom. The predicted molar refractivity (Wildman–Crippen MR) is 121 cm³/mol. The smallest absolute Gasteiger partial charge is 0.353 e. The van der Waals surface area contributed by atoms with Crippen molar-refractivity contribution in [1.82, 2.24) is 25.1 Å². The first kappa shape index (κ1) is 23.6. The zero-order valence-corrected chi connectivity index (χ0v) is 21.7. The summed E-state index contributed by atoms with van der Waals surface area (Å²) in [5, 5.41) is 21.5. The Balaban J connectivity index is 1.89. The number of tetrazole rings is 1. The molecule has 0 aliphatic carbocycles. The fraction of sp³-hybridized carbons (Fsp3) is 0.706. The number of hydrogen-bond acceptors (Lipinski definition) is 9. The molecule has 0 aromatic carbocycles. The van der Waals surface area contributed by atoms with E-state index in [-0.39, 0.29) is 22.4 Å². The molecule has 1 unspecified atom stereocenters. The second kappa shape index (κ2) is 8.49. The first-order chi connectivity index (χ1) is 13.9. The quantitative estimate of drug-likeness (QED) is 0.265. The number of carbonyl (C=O) groups is 2. The second-order valence-corrected chi connectivity index (χ2v) is 14.4. The number of carbonyl (C=O) groups excluding carboxylic acids is 1. The maximum absolute atomic E-state index is 13.3. The summed E-state index contributed by atoms with van der Waals surface area (Å²) in [6.45, 7) is 12.4. The number of nitrogens with zero attached hydrogens (tertiary/aromatic N) is 5. The third-order valence-corrected chi connectivity index (χ3v) is 10.5. The van der Waals surface area contributed by atoms with Crippen molar-refractivity contribution in [2.24, 2.45) is 18.4 Å². The number of carboxylic acid groups (broad SMARTS) is 1. The lowest BCUT2D eigenvalue weighted by atomic mass is 9.66. The molecule has 1 fully saturated rings. The van der Waals surface area contributed by atoms with Crippen LogP contribution in [-0.2, 0) is 21.1 Å². The van der Waals surface area contributed by atoms with Crippen LogP contribution in [0.5, 0.6) is 0 Å². The van der Waals surface area contributed by atoms with Gasteiger partial charge in [0, 0.05) is 17.7 Å². The van der Waals surface area contributed by atoms with Crippen LogP contribution in [0.2, 0.25) is 13.1 Å². The maximum atomic E-state index is 13.3. The number of aryl methyl sites for hydroxylation is 1. The molecule has 0 saturated carbocycles. The number of fused-ring (bicyclic) bond motifs is 1. The maximum Gasteiger partial charge on any atom is 0.353 e. The van der Waals surface area contributed by atoms with Crippen LogP contribution >= 0.6 is 33.3 Å². The summed E-state index contributed by atoms with van der Waals surface area (Å²) in [5.74, 6) is -1.29. The lowest BCUT2D eigenvalue weighted by Gasteiger charge is -2.59. The highest BCUT2D eigenvalue weighted by Crippen LogP contribution is 2.58. The number of aliphatic carboxylic acids is 1. The average molecular weight is 490 g/mol. The van der Waals surface area contributed by atoms with E-state index in [1.807, 2.05) is 6.92 Å². The van der Waals surface area contributed by atoms with Gasteiger partial charge in [-0.2, -0.15) is 0 Å². The van der Waals surface area contributed by atoms with Gasteiger partial charge in [-0.1, -0.05) is 54.1 Å². The molecule has 3 atom stereocenters. The van der Waals surface area contributed by atoms with Crippen molar-refractivity contribution in [3.8, 4) is 0 Å². The molecule has 13 heteroatoms. The molecule has 1 saturated heterocycles. The van der Waals surface area contributed by atoms with Crippen LogP contribution in [0, 0.1) is 11.3 Å². The Labute approximate surface area is 189 Å². The minimum Gasteiger partial charge on any atom is -0.477 e. The highest BCUT2D eigenvalue weighted by molar-refractivity contribution is 8.78. The van der Waals surface area contributed by atoms with Crippen LogP contribution in [0.15, 0.2) is 15.8 Å². The van der Waals surface area contributed by atoms with E-state index >= 15 is 0 Å². The number of β-lactam (4-membered cyclic amide) rings is 1. The van der Waals surface area contributed by atoms with Crippen LogP contribution in [0.4, 0.5) is 0 Å². The minimum atomic E-state index is -1.44. The third-order valence-electron chi connectivity index (χ3n) is 5.47. The van der Waals surface area contributed by atoms with Gasteiger partial charge < -0.3 is 9.53 Å². The molecule has 1 aromatic heterocycles. The summed E-state index contributed by atoms with van der Waals surface area (Å²) >= 11 is 1.34. The Hall–Kier alpha value is -1.02.